The molecule has 0 fully saturated rings. The molecule has 1 aromatic rings. The molecule has 2 amide bonds. The monoisotopic (exact) mass is 238 g/mol. The molecular weight excluding hydrogens is 224 g/mol. The third-order valence-corrected chi connectivity index (χ3v) is 2.11. The Morgan fingerprint density at radius 2 is 2.12 bits per heavy atom. The van der Waals surface area contributed by atoms with Crippen molar-refractivity contribution in [1.29, 1.82) is 0 Å². The summed E-state index contributed by atoms with van der Waals surface area (Å²) in [5.41, 5.74) is 5.52. The maximum absolute atomic E-state index is 10.9. The Bertz CT molecular complexity index is 445. The number of ether oxygens (including phenoxy) is 1. The highest BCUT2D eigenvalue weighted by Crippen LogP contribution is 2.29. The van der Waals surface area contributed by atoms with Crippen LogP contribution in [0.1, 0.15) is 25.5 Å². The maximum Gasteiger partial charge on any atom is 0.410 e. The molecular formula is C11H14N2O4. The van der Waals surface area contributed by atoms with Crippen molar-refractivity contribution in [2.24, 2.45) is 5.73 Å². The second kappa shape index (κ2) is 5.20. The van der Waals surface area contributed by atoms with Gasteiger partial charge in [-0.25, -0.2) is 4.79 Å². The predicted molar refractivity (Wildman–Crippen MR) is 60.5 cm³/mol. The van der Waals surface area contributed by atoms with E-state index in [0.29, 0.717) is 5.56 Å². The number of carbonyl (C=O) groups excluding carboxylic acids is 2. The number of hydrogen-bond acceptors (Lipinski definition) is 4. The number of rotatable bonds is 3. The fourth-order valence-electron chi connectivity index (χ4n) is 1.39. The molecule has 1 aromatic carbocycles. The lowest BCUT2D eigenvalue weighted by Gasteiger charge is -2.14. The van der Waals surface area contributed by atoms with Gasteiger partial charge in [0.2, 0.25) is 5.91 Å². The van der Waals surface area contributed by atoms with Crippen LogP contribution in [0.4, 0.5) is 4.79 Å². The highest BCUT2D eigenvalue weighted by molar-refractivity contribution is 5.73. The van der Waals surface area contributed by atoms with E-state index in [9.17, 15) is 14.7 Å². The summed E-state index contributed by atoms with van der Waals surface area (Å²) in [6.45, 7) is 3.17. The van der Waals surface area contributed by atoms with Crippen LogP contribution in [0.5, 0.6) is 11.5 Å². The van der Waals surface area contributed by atoms with Crippen molar-refractivity contribution < 1.29 is 19.4 Å². The van der Waals surface area contributed by atoms with Gasteiger partial charge in [0.1, 0.15) is 0 Å². The van der Waals surface area contributed by atoms with Gasteiger partial charge in [-0.05, 0) is 24.6 Å². The molecule has 1 atom stereocenters. The first-order valence-electron chi connectivity index (χ1n) is 4.97. The zero-order chi connectivity index (χ0) is 13.0. The van der Waals surface area contributed by atoms with Crippen molar-refractivity contribution in [3.63, 3.8) is 0 Å². The second-order valence-electron chi connectivity index (χ2n) is 3.57. The normalized spacial score (nSPS) is 11.6. The molecule has 0 aliphatic heterocycles. The summed E-state index contributed by atoms with van der Waals surface area (Å²) < 4.78 is 4.56. The summed E-state index contributed by atoms with van der Waals surface area (Å²) in [5.74, 6) is -0.399. The van der Waals surface area contributed by atoms with E-state index in [-0.39, 0.29) is 23.4 Å². The van der Waals surface area contributed by atoms with E-state index in [4.69, 9.17) is 5.73 Å². The zero-order valence-corrected chi connectivity index (χ0v) is 9.56. The van der Waals surface area contributed by atoms with E-state index in [0.717, 1.165) is 0 Å². The first-order chi connectivity index (χ1) is 7.90. The average molecular weight is 238 g/mol. The summed E-state index contributed by atoms with van der Waals surface area (Å²) in [5, 5.41) is 12.2. The number of phenolic OH excluding ortho intramolecular Hbond substituents is 1. The van der Waals surface area contributed by atoms with Crippen LogP contribution in [0.2, 0.25) is 0 Å². The molecule has 0 saturated carbocycles. The van der Waals surface area contributed by atoms with Gasteiger partial charge in [0.25, 0.3) is 0 Å². The maximum atomic E-state index is 10.9. The highest BCUT2D eigenvalue weighted by Gasteiger charge is 2.11. The van der Waals surface area contributed by atoms with Gasteiger partial charge in [0.15, 0.2) is 11.5 Å². The van der Waals surface area contributed by atoms with Gasteiger partial charge >= 0.3 is 6.09 Å². The van der Waals surface area contributed by atoms with Crippen molar-refractivity contribution in [1.82, 2.24) is 5.32 Å². The molecule has 0 saturated heterocycles. The Morgan fingerprint density at radius 1 is 1.47 bits per heavy atom. The van der Waals surface area contributed by atoms with Crippen molar-refractivity contribution in [2.45, 2.75) is 19.9 Å². The van der Waals surface area contributed by atoms with E-state index in [1.165, 1.54) is 19.1 Å². The van der Waals surface area contributed by atoms with Gasteiger partial charge in [-0.2, -0.15) is 0 Å². The fraction of sp³-hybridized carbons (Fsp3) is 0.273. The molecule has 0 bridgehead atoms. The Morgan fingerprint density at radius 3 is 2.59 bits per heavy atom. The average Bonchev–Trinajstić information content (AvgIpc) is 2.19. The summed E-state index contributed by atoms with van der Waals surface area (Å²) in [6.07, 6.45) is -0.997. The predicted octanol–water partition coefficient (Wildman–Crippen LogP) is 1.05. The van der Waals surface area contributed by atoms with Gasteiger partial charge in [-0.3, -0.25) is 4.79 Å². The van der Waals surface area contributed by atoms with E-state index in [1.54, 1.807) is 13.0 Å². The SMILES string of the molecule is CC(=O)NC(C)c1ccc(OC(N)=O)c(O)c1. The number of carbonyl (C=O) groups is 2. The van der Waals surface area contributed by atoms with Crippen LogP contribution < -0.4 is 15.8 Å². The molecule has 1 unspecified atom stereocenters. The number of hydrogen-bond donors (Lipinski definition) is 3. The van der Waals surface area contributed by atoms with Crippen LogP contribution in [0.3, 0.4) is 0 Å². The molecule has 4 N–H and O–H groups in total. The van der Waals surface area contributed by atoms with Gasteiger partial charge in [0, 0.05) is 6.92 Å². The van der Waals surface area contributed by atoms with Crippen molar-refractivity contribution in [3.05, 3.63) is 23.8 Å². The molecule has 6 nitrogen and oxygen atoms in total. The fourth-order valence-corrected chi connectivity index (χ4v) is 1.39. The molecule has 0 aliphatic carbocycles. The van der Waals surface area contributed by atoms with Crippen molar-refractivity contribution in [3.8, 4) is 11.5 Å². The van der Waals surface area contributed by atoms with Gasteiger partial charge in [-0.1, -0.05) is 6.07 Å². The Hall–Kier alpha value is -2.24. The van der Waals surface area contributed by atoms with Crippen LogP contribution in [-0.4, -0.2) is 17.1 Å². The van der Waals surface area contributed by atoms with Crippen LogP contribution in [0, 0.1) is 0 Å². The minimum absolute atomic E-state index is 0.0173. The molecule has 17 heavy (non-hydrogen) atoms. The number of phenols is 1. The van der Waals surface area contributed by atoms with Gasteiger partial charge in [0.05, 0.1) is 6.04 Å². The third-order valence-electron chi connectivity index (χ3n) is 2.11. The molecule has 0 aliphatic rings. The second-order valence-corrected chi connectivity index (χ2v) is 3.57. The molecule has 0 heterocycles. The number of benzene rings is 1. The topological polar surface area (TPSA) is 102 Å². The molecule has 0 aromatic heterocycles. The van der Waals surface area contributed by atoms with Crippen molar-refractivity contribution in [2.75, 3.05) is 0 Å². The van der Waals surface area contributed by atoms with E-state index < -0.39 is 6.09 Å². The number of aromatic hydroxyl groups is 1. The van der Waals surface area contributed by atoms with Crippen LogP contribution >= 0.6 is 0 Å². The van der Waals surface area contributed by atoms with Crippen molar-refractivity contribution >= 4 is 12.0 Å². The lowest BCUT2D eigenvalue weighted by molar-refractivity contribution is -0.119. The van der Waals surface area contributed by atoms with Crippen LogP contribution in [0.25, 0.3) is 0 Å². The molecule has 6 heteroatoms. The lowest BCUT2D eigenvalue weighted by atomic mass is 10.1. The van der Waals surface area contributed by atoms with Gasteiger partial charge < -0.3 is 20.9 Å². The minimum Gasteiger partial charge on any atom is -0.504 e. The Kier molecular flexibility index (Phi) is 3.92. The first kappa shape index (κ1) is 12.8. The number of nitrogens with one attached hydrogen (secondary N) is 1. The standard InChI is InChI=1S/C11H14N2O4/c1-6(13-7(2)14)8-3-4-10(9(15)5-8)17-11(12)16/h3-6,15H,1-2H3,(H2,12,16)(H,13,14). The molecule has 92 valence electrons. The first-order valence-corrected chi connectivity index (χ1v) is 4.97. The van der Waals surface area contributed by atoms with E-state index >= 15 is 0 Å². The largest absolute Gasteiger partial charge is 0.504 e. The van der Waals surface area contributed by atoms with E-state index in [2.05, 4.69) is 10.1 Å². The van der Waals surface area contributed by atoms with Crippen LogP contribution in [0.15, 0.2) is 18.2 Å². The molecule has 0 spiro atoms. The number of nitrogens with two attached hydrogens (primary N) is 1. The highest BCUT2D eigenvalue weighted by atomic mass is 16.6. The Labute approximate surface area is 98.4 Å². The third kappa shape index (κ3) is 3.67. The smallest absolute Gasteiger partial charge is 0.410 e. The zero-order valence-electron chi connectivity index (χ0n) is 9.56. The lowest BCUT2D eigenvalue weighted by Crippen LogP contribution is -2.23. The summed E-state index contributed by atoms with van der Waals surface area (Å²) in [7, 11) is 0. The minimum atomic E-state index is -0.997. The molecule has 1 rings (SSSR count). The summed E-state index contributed by atoms with van der Waals surface area (Å²) in [4.78, 5) is 21.4. The number of primary amides is 1. The van der Waals surface area contributed by atoms with Gasteiger partial charge in [-0.15, -0.1) is 0 Å². The number of amides is 2. The molecule has 0 radical (unpaired) electrons. The van der Waals surface area contributed by atoms with E-state index in [1.807, 2.05) is 0 Å². The Balaban J connectivity index is 2.88. The van der Waals surface area contributed by atoms with Crippen LogP contribution in [-0.2, 0) is 4.79 Å². The summed E-state index contributed by atoms with van der Waals surface area (Å²) in [6, 6.07) is 4.19. The summed E-state index contributed by atoms with van der Waals surface area (Å²) >= 11 is 0. The quantitative estimate of drug-likeness (QED) is 0.732.